The highest BCUT2D eigenvalue weighted by Crippen LogP contribution is 2.18. The summed E-state index contributed by atoms with van der Waals surface area (Å²) in [6, 6.07) is 1.75. The van der Waals surface area contributed by atoms with Gasteiger partial charge in [0.05, 0.1) is 24.1 Å². The zero-order valence-corrected chi connectivity index (χ0v) is 6.99. The SMILES string of the molecule is C#CCN(C)c1cnccc1N. The van der Waals surface area contributed by atoms with Gasteiger partial charge >= 0.3 is 0 Å². The summed E-state index contributed by atoms with van der Waals surface area (Å²) in [4.78, 5) is 5.84. The molecule has 0 radical (unpaired) electrons. The van der Waals surface area contributed by atoms with Crippen molar-refractivity contribution in [2.45, 2.75) is 0 Å². The Bertz CT molecular complexity index is 301. The molecule has 0 saturated carbocycles. The van der Waals surface area contributed by atoms with Crippen molar-refractivity contribution in [2.75, 3.05) is 24.2 Å². The average Bonchev–Trinajstić information content (AvgIpc) is 2.05. The van der Waals surface area contributed by atoms with Gasteiger partial charge in [-0.3, -0.25) is 4.98 Å². The van der Waals surface area contributed by atoms with Crippen molar-refractivity contribution in [1.82, 2.24) is 4.98 Å². The Morgan fingerprint density at radius 2 is 2.50 bits per heavy atom. The predicted octanol–water partition coefficient (Wildman–Crippen LogP) is 0.733. The van der Waals surface area contributed by atoms with Crippen LogP contribution in [0.25, 0.3) is 0 Å². The molecule has 0 bridgehead atoms. The molecule has 0 fully saturated rings. The average molecular weight is 161 g/mol. The minimum atomic E-state index is 0.538. The number of pyridine rings is 1. The number of hydrogen-bond acceptors (Lipinski definition) is 3. The van der Waals surface area contributed by atoms with Crippen molar-refractivity contribution in [2.24, 2.45) is 0 Å². The van der Waals surface area contributed by atoms with Crippen LogP contribution in [0.15, 0.2) is 18.5 Å². The van der Waals surface area contributed by atoms with Gasteiger partial charge in [0, 0.05) is 13.2 Å². The minimum Gasteiger partial charge on any atom is -0.397 e. The van der Waals surface area contributed by atoms with Gasteiger partial charge in [-0.25, -0.2) is 0 Å². The van der Waals surface area contributed by atoms with Crippen molar-refractivity contribution in [1.29, 1.82) is 0 Å². The Kier molecular flexibility index (Phi) is 2.54. The Balaban J connectivity index is 2.88. The van der Waals surface area contributed by atoms with E-state index in [1.165, 1.54) is 0 Å². The van der Waals surface area contributed by atoms with Gasteiger partial charge in [-0.15, -0.1) is 6.42 Å². The highest BCUT2D eigenvalue weighted by atomic mass is 15.1. The van der Waals surface area contributed by atoms with Crippen LogP contribution in [-0.4, -0.2) is 18.6 Å². The van der Waals surface area contributed by atoms with Crippen molar-refractivity contribution in [3.8, 4) is 12.3 Å². The number of nitrogen functional groups attached to an aromatic ring is 1. The van der Waals surface area contributed by atoms with Crippen LogP contribution in [0.1, 0.15) is 0 Å². The largest absolute Gasteiger partial charge is 0.397 e. The molecule has 1 rings (SSSR count). The van der Waals surface area contributed by atoms with Gasteiger partial charge in [0.25, 0.3) is 0 Å². The normalized spacial score (nSPS) is 9.00. The zero-order valence-electron chi connectivity index (χ0n) is 6.99. The first-order valence-corrected chi connectivity index (χ1v) is 3.60. The van der Waals surface area contributed by atoms with E-state index in [4.69, 9.17) is 12.2 Å². The molecule has 0 atom stereocenters. The smallest absolute Gasteiger partial charge is 0.0791 e. The van der Waals surface area contributed by atoms with Gasteiger partial charge in [0.2, 0.25) is 0 Å². The molecule has 0 amide bonds. The fourth-order valence-electron chi connectivity index (χ4n) is 0.938. The molecule has 0 aliphatic rings. The standard InChI is InChI=1S/C9H11N3/c1-3-6-12(2)9-7-11-5-4-8(9)10/h1,4-5,7H,6H2,2H3,(H2,10,11). The van der Waals surface area contributed by atoms with E-state index in [2.05, 4.69) is 10.9 Å². The van der Waals surface area contributed by atoms with Crippen molar-refractivity contribution >= 4 is 11.4 Å². The van der Waals surface area contributed by atoms with E-state index in [-0.39, 0.29) is 0 Å². The van der Waals surface area contributed by atoms with Crippen molar-refractivity contribution in [3.63, 3.8) is 0 Å². The van der Waals surface area contributed by atoms with Crippen LogP contribution in [0.5, 0.6) is 0 Å². The lowest BCUT2D eigenvalue weighted by Crippen LogP contribution is -2.18. The molecule has 0 unspecified atom stereocenters. The van der Waals surface area contributed by atoms with E-state index in [0.717, 1.165) is 5.69 Å². The van der Waals surface area contributed by atoms with Gasteiger partial charge in [0.15, 0.2) is 0 Å². The maximum atomic E-state index is 5.70. The molecule has 12 heavy (non-hydrogen) atoms. The van der Waals surface area contributed by atoms with Crippen molar-refractivity contribution < 1.29 is 0 Å². The van der Waals surface area contributed by atoms with E-state index in [1.54, 1.807) is 18.5 Å². The van der Waals surface area contributed by atoms with Crippen LogP contribution in [0.2, 0.25) is 0 Å². The summed E-state index contributed by atoms with van der Waals surface area (Å²) in [6.45, 7) is 0.538. The summed E-state index contributed by atoms with van der Waals surface area (Å²) in [5, 5.41) is 0. The first-order chi connectivity index (χ1) is 5.75. The molecule has 0 saturated heterocycles. The third-order valence-corrected chi connectivity index (χ3v) is 1.57. The lowest BCUT2D eigenvalue weighted by Gasteiger charge is -2.16. The third-order valence-electron chi connectivity index (χ3n) is 1.57. The van der Waals surface area contributed by atoms with Crippen molar-refractivity contribution in [3.05, 3.63) is 18.5 Å². The highest BCUT2D eigenvalue weighted by molar-refractivity contribution is 5.65. The quantitative estimate of drug-likeness (QED) is 0.650. The number of hydrogen-bond donors (Lipinski definition) is 1. The van der Waals surface area contributed by atoms with Crippen LogP contribution in [-0.2, 0) is 0 Å². The van der Waals surface area contributed by atoms with Gasteiger partial charge in [-0.2, -0.15) is 0 Å². The van der Waals surface area contributed by atoms with E-state index in [9.17, 15) is 0 Å². The number of terminal acetylenes is 1. The molecule has 3 nitrogen and oxygen atoms in total. The van der Waals surface area contributed by atoms with Crippen LogP contribution in [0, 0.1) is 12.3 Å². The molecule has 0 aliphatic heterocycles. The number of nitrogens with zero attached hydrogens (tertiary/aromatic N) is 2. The number of rotatable bonds is 2. The molecule has 1 aromatic heterocycles. The molecule has 62 valence electrons. The van der Waals surface area contributed by atoms with E-state index in [0.29, 0.717) is 12.2 Å². The van der Waals surface area contributed by atoms with E-state index in [1.807, 2.05) is 11.9 Å². The molecule has 3 heteroatoms. The van der Waals surface area contributed by atoms with Gasteiger partial charge < -0.3 is 10.6 Å². The van der Waals surface area contributed by atoms with Gasteiger partial charge in [-0.1, -0.05) is 5.92 Å². The Hall–Kier alpha value is -1.69. The second-order valence-electron chi connectivity index (χ2n) is 2.49. The molecule has 0 spiro atoms. The van der Waals surface area contributed by atoms with Crippen LogP contribution >= 0.6 is 0 Å². The predicted molar refractivity (Wildman–Crippen MR) is 50.8 cm³/mol. The monoisotopic (exact) mass is 161 g/mol. The Morgan fingerprint density at radius 3 is 3.08 bits per heavy atom. The lowest BCUT2D eigenvalue weighted by molar-refractivity contribution is 1.04. The summed E-state index contributed by atoms with van der Waals surface area (Å²) < 4.78 is 0. The molecular formula is C9H11N3. The van der Waals surface area contributed by atoms with E-state index >= 15 is 0 Å². The summed E-state index contributed by atoms with van der Waals surface area (Å²) in [5.41, 5.74) is 7.27. The lowest BCUT2D eigenvalue weighted by atomic mass is 10.3. The summed E-state index contributed by atoms with van der Waals surface area (Å²) in [7, 11) is 1.88. The summed E-state index contributed by atoms with van der Waals surface area (Å²) >= 11 is 0. The van der Waals surface area contributed by atoms with Gasteiger partial charge in [0.1, 0.15) is 0 Å². The maximum absolute atomic E-state index is 5.70. The second kappa shape index (κ2) is 3.63. The Morgan fingerprint density at radius 1 is 1.75 bits per heavy atom. The third kappa shape index (κ3) is 1.67. The van der Waals surface area contributed by atoms with E-state index < -0.39 is 0 Å². The molecule has 1 heterocycles. The summed E-state index contributed by atoms with van der Waals surface area (Å²) in [5.74, 6) is 2.54. The topological polar surface area (TPSA) is 42.2 Å². The fraction of sp³-hybridized carbons (Fsp3) is 0.222. The van der Waals surface area contributed by atoms with Gasteiger partial charge in [-0.05, 0) is 6.07 Å². The molecule has 0 aliphatic carbocycles. The van der Waals surface area contributed by atoms with Crippen LogP contribution < -0.4 is 10.6 Å². The molecule has 2 N–H and O–H groups in total. The number of nitrogens with two attached hydrogens (primary N) is 1. The highest BCUT2D eigenvalue weighted by Gasteiger charge is 2.01. The second-order valence-corrected chi connectivity index (χ2v) is 2.49. The fourth-order valence-corrected chi connectivity index (χ4v) is 0.938. The maximum Gasteiger partial charge on any atom is 0.0791 e. The molecule has 0 aromatic carbocycles. The molecular weight excluding hydrogens is 150 g/mol. The summed E-state index contributed by atoms with van der Waals surface area (Å²) in [6.07, 6.45) is 8.52. The number of anilines is 2. The Labute approximate surface area is 72.2 Å². The molecule has 1 aromatic rings. The van der Waals surface area contributed by atoms with Crippen LogP contribution in [0.4, 0.5) is 11.4 Å². The zero-order chi connectivity index (χ0) is 8.97. The first-order valence-electron chi connectivity index (χ1n) is 3.60. The van der Waals surface area contributed by atoms with Crippen LogP contribution in [0.3, 0.4) is 0 Å². The minimum absolute atomic E-state index is 0.538. The first kappa shape index (κ1) is 8.41. The number of aromatic nitrogens is 1.